The van der Waals surface area contributed by atoms with E-state index < -0.39 is 11.7 Å². The molecule has 1 aliphatic carbocycles. The fourth-order valence-electron chi connectivity index (χ4n) is 3.47. The Labute approximate surface area is 166 Å². The van der Waals surface area contributed by atoms with E-state index in [1.165, 1.54) is 17.7 Å². The summed E-state index contributed by atoms with van der Waals surface area (Å²) in [4.78, 5) is 16.9. The minimum absolute atomic E-state index is 0.000418. The number of amides is 1. The topological polar surface area (TPSA) is 51.2 Å². The summed E-state index contributed by atoms with van der Waals surface area (Å²) >= 11 is 0. The van der Waals surface area contributed by atoms with Crippen molar-refractivity contribution in [2.75, 3.05) is 13.2 Å². The monoisotopic (exact) mass is 400 g/mol. The molecule has 4 rings (SSSR count). The van der Waals surface area contributed by atoms with Crippen LogP contribution in [0.1, 0.15) is 34.4 Å². The number of ether oxygens (including phenoxy) is 1. The molecule has 0 unspecified atom stereocenters. The molecule has 1 aromatic heterocycles. The molecule has 0 spiro atoms. The van der Waals surface area contributed by atoms with Gasteiger partial charge in [0.25, 0.3) is 0 Å². The van der Waals surface area contributed by atoms with Gasteiger partial charge in [-0.2, -0.15) is 13.2 Å². The molecule has 1 aromatic carbocycles. The summed E-state index contributed by atoms with van der Waals surface area (Å²) in [5.41, 5.74) is 4.45. The first-order valence-corrected chi connectivity index (χ1v) is 9.33. The van der Waals surface area contributed by atoms with Crippen molar-refractivity contribution in [2.24, 2.45) is 0 Å². The van der Waals surface area contributed by atoms with E-state index in [0.29, 0.717) is 30.9 Å². The molecule has 1 N–H and O–H groups in total. The first kappa shape index (κ1) is 19.4. The van der Waals surface area contributed by atoms with Gasteiger partial charge in [0.05, 0.1) is 30.9 Å². The molecule has 2 aliphatic rings. The Bertz CT molecular complexity index is 992. The van der Waals surface area contributed by atoms with Crippen LogP contribution in [0, 0.1) is 0 Å². The van der Waals surface area contributed by atoms with E-state index in [9.17, 15) is 18.0 Å². The number of halogens is 3. The van der Waals surface area contributed by atoms with Gasteiger partial charge in [-0.15, -0.1) is 0 Å². The summed E-state index contributed by atoms with van der Waals surface area (Å²) in [6.07, 6.45) is 2.85. The summed E-state index contributed by atoms with van der Waals surface area (Å²) < 4.78 is 43.3. The average molecular weight is 400 g/mol. The van der Waals surface area contributed by atoms with Gasteiger partial charge in [-0.3, -0.25) is 9.78 Å². The Morgan fingerprint density at radius 1 is 1.17 bits per heavy atom. The van der Waals surface area contributed by atoms with Gasteiger partial charge in [0.2, 0.25) is 5.91 Å². The van der Waals surface area contributed by atoms with Crippen molar-refractivity contribution < 1.29 is 22.7 Å². The van der Waals surface area contributed by atoms with Crippen molar-refractivity contribution in [1.82, 2.24) is 10.3 Å². The number of carbonyl (C=O) groups is 1. The van der Waals surface area contributed by atoms with Crippen molar-refractivity contribution in [1.29, 1.82) is 0 Å². The van der Waals surface area contributed by atoms with Crippen molar-refractivity contribution in [3.05, 3.63) is 76.6 Å². The van der Waals surface area contributed by atoms with Crippen LogP contribution in [0.15, 0.2) is 48.7 Å². The summed E-state index contributed by atoms with van der Waals surface area (Å²) in [6, 6.07) is 6.67. The first-order chi connectivity index (χ1) is 13.9. The van der Waals surface area contributed by atoms with Crippen LogP contribution in [-0.2, 0) is 28.5 Å². The second kappa shape index (κ2) is 7.83. The van der Waals surface area contributed by atoms with E-state index in [0.717, 1.165) is 35.4 Å². The maximum atomic E-state index is 12.7. The highest BCUT2D eigenvalue weighted by Gasteiger charge is 2.30. The van der Waals surface area contributed by atoms with Crippen LogP contribution >= 0.6 is 0 Å². The number of benzene rings is 1. The summed E-state index contributed by atoms with van der Waals surface area (Å²) in [6.45, 7) is 1.26. The highest BCUT2D eigenvalue weighted by Crippen LogP contribution is 2.30. The number of allylic oxidation sites excluding steroid dienone is 1. The number of fused-ring (bicyclic) bond motifs is 1. The molecule has 2 heterocycles. The number of aromatic nitrogens is 1. The fraction of sp³-hybridized carbons (Fsp3) is 0.273. The third kappa shape index (κ3) is 4.40. The van der Waals surface area contributed by atoms with E-state index in [1.54, 1.807) is 0 Å². The van der Waals surface area contributed by atoms with Gasteiger partial charge in [0.1, 0.15) is 0 Å². The second-order valence-electron chi connectivity index (χ2n) is 7.01. The zero-order chi connectivity index (χ0) is 20.4. The molecule has 0 fully saturated rings. The minimum atomic E-state index is -4.39. The molecule has 29 heavy (non-hydrogen) atoms. The number of alkyl halides is 3. The summed E-state index contributed by atoms with van der Waals surface area (Å²) in [5.74, 6) is -0.278. The average Bonchev–Trinajstić information content (AvgIpc) is 3.10. The number of nitrogens with zero attached hydrogens (tertiary/aromatic N) is 1. The molecule has 1 amide bonds. The van der Waals surface area contributed by atoms with Gasteiger partial charge in [-0.05, 0) is 41.3 Å². The number of pyridine rings is 1. The molecule has 2 aromatic rings. The number of rotatable bonds is 4. The number of hydrogen-bond acceptors (Lipinski definition) is 3. The molecule has 0 bridgehead atoms. The van der Waals surface area contributed by atoms with Gasteiger partial charge in [0, 0.05) is 23.9 Å². The maximum absolute atomic E-state index is 12.7. The van der Waals surface area contributed by atoms with Crippen LogP contribution in [0.2, 0.25) is 0 Å². The predicted molar refractivity (Wildman–Crippen MR) is 103 cm³/mol. The molecule has 0 saturated carbocycles. The number of carbonyl (C=O) groups excluding carboxylic acids is 1. The van der Waals surface area contributed by atoms with Crippen molar-refractivity contribution in [3.8, 4) is 0 Å². The van der Waals surface area contributed by atoms with Crippen molar-refractivity contribution in [2.45, 2.75) is 25.4 Å². The van der Waals surface area contributed by atoms with Crippen molar-refractivity contribution in [3.63, 3.8) is 0 Å². The normalized spacial score (nSPS) is 16.1. The Morgan fingerprint density at radius 3 is 2.66 bits per heavy atom. The second-order valence-corrected chi connectivity index (χ2v) is 7.01. The third-order valence-electron chi connectivity index (χ3n) is 5.01. The zero-order valence-electron chi connectivity index (χ0n) is 15.6. The molecule has 4 nitrogen and oxygen atoms in total. The SMILES string of the molecule is O=C(Cc1ccc(C(F)(F)F)cc1)NC1=CCc2ncc(C3=CCOCC3)cc21. The van der Waals surface area contributed by atoms with E-state index in [4.69, 9.17) is 4.74 Å². The lowest BCUT2D eigenvalue weighted by molar-refractivity contribution is -0.137. The smallest absolute Gasteiger partial charge is 0.377 e. The largest absolute Gasteiger partial charge is 0.416 e. The summed E-state index contributed by atoms with van der Waals surface area (Å²) in [7, 11) is 0. The molecule has 0 atom stereocenters. The third-order valence-corrected chi connectivity index (χ3v) is 5.01. The first-order valence-electron chi connectivity index (χ1n) is 9.33. The van der Waals surface area contributed by atoms with Gasteiger partial charge in [0.15, 0.2) is 0 Å². The van der Waals surface area contributed by atoms with E-state index in [1.807, 2.05) is 24.4 Å². The minimum Gasteiger partial charge on any atom is -0.377 e. The number of hydrogen-bond donors (Lipinski definition) is 1. The standard InChI is InChI=1S/C22H19F3N2O2/c23-22(24,25)17-3-1-14(2-4-17)11-21(28)27-20-6-5-19-18(20)12-16(13-26-19)15-7-9-29-10-8-15/h1-4,6-7,12-13H,5,8-11H2,(H,27,28). The van der Waals surface area contributed by atoms with E-state index >= 15 is 0 Å². The van der Waals surface area contributed by atoms with E-state index in [-0.39, 0.29) is 12.3 Å². The molecule has 150 valence electrons. The van der Waals surface area contributed by atoms with Gasteiger partial charge >= 0.3 is 6.18 Å². The van der Waals surface area contributed by atoms with Crippen LogP contribution in [0.5, 0.6) is 0 Å². The highest BCUT2D eigenvalue weighted by molar-refractivity contribution is 5.90. The lowest BCUT2D eigenvalue weighted by atomic mass is 10.0. The Hall–Kier alpha value is -2.93. The molecule has 1 aliphatic heterocycles. The van der Waals surface area contributed by atoms with E-state index in [2.05, 4.69) is 10.3 Å². The van der Waals surface area contributed by atoms with Gasteiger partial charge in [-0.25, -0.2) is 0 Å². The molecular weight excluding hydrogens is 381 g/mol. The lowest BCUT2D eigenvalue weighted by Crippen LogP contribution is -2.23. The fourth-order valence-corrected chi connectivity index (χ4v) is 3.47. The zero-order valence-corrected chi connectivity index (χ0v) is 15.6. The van der Waals surface area contributed by atoms with Gasteiger partial charge in [-0.1, -0.05) is 24.3 Å². The lowest BCUT2D eigenvalue weighted by Gasteiger charge is -2.15. The molecule has 7 heteroatoms. The predicted octanol–water partition coefficient (Wildman–Crippen LogP) is 4.16. The Morgan fingerprint density at radius 2 is 1.97 bits per heavy atom. The summed E-state index contributed by atoms with van der Waals surface area (Å²) in [5, 5.41) is 2.87. The van der Waals surface area contributed by atoms with Crippen molar-refractivity contribution >= 4 is 17.2 Å². The van der Waals surface area contributed by atoms with Crippen LogP contribution in [0.4, 0.5) is 13.2 Å². The van der Waals surface area contributed by atoms with Crippen LogP contribution < -0.4 is 5.32 Å². The Balaban J connectivity index is 1.44. The highest BCUT2D eigenvalue weighted by atomic mass is 19.4. The van der Waals surface area contributed by atoms with Gasteiger partial charge < -0.3 is 10.1 Å². The van der Waals surface area contributed by atoms with Crippen LogP contribution in [0.3, 0.4) is 0 Å². The van der Waals surface area contributed by atoms with Crippen LogP contribution in [0.25, 0.3) is 11.3 Å². The molecule has 0 radical (unpaired) electrons. The maximum Gasteiger partial charge on any atom is 0.416 e. The van der Waals surface area contributed by atoms with Crippen LogP contribution in [-0.4, -0.2) is 24.1 Å². The number of nitrogens with one attached hydrogen (secondary N) is 1. The quantitative estimate of drug-likeness (QED) is 0.839. The molecular formula is C22H19F3N2O2. The Kier molecular flexibility index (Phi) is 5.24. The molecule has 0 saturated heterocycles.